The van der Waals surface area contributed by atoms with Gasteiger partial charge in [-0.3, -0.25) is 4.79 Å². The van der Waals surface area contributed by atoms with E-state index in [1.807, 2.05) is 0 Å². The number of nitrogens with one attached hydrogen (secondary N) is 1. The first-order chi connectivity index (χ1) is 13.1. The first-order valence-electron chi connectivity index (χ1n) is 7.61. The Balaban J connectivity index is 1.68. The minimum atomic E-state index is -4.42. The zero-order chi connectivity index (χ0) is 20.5. The fraction of sp³-hybridized carbons (Fsp3) is 0.118. The molecule has 28 heavy (non-hydrogen) atoms. The van der Waals surface area contributed by atoms with Gasteiger partial charge < -0.3 is 14.9 Å². The lowest BCUT2D eigenvalue weighted by Gasteiger charge is -2.07. The fourth-order valence-corrected chi connectivity index (χ4v) is 3.38. The van der Waals surface area contributed by atoms with E-state index in [1.165, 1.54) is 12.1 Å². The van der Waals surface area contributed by atoms with Crippen LogP contribution in [0, 0.1) is 0 Å². The van der Waals surface area contributed by atoms with Gasteiger partial charge in [0.2, 0.25) is 5.82 Å². The number of halogens is 5. The quantitative estimate of drug-likeness (QED) is 0.510. The fourth-order valence-electron chi connectivity index (χ4n) is 2.20. The molecule has 11 heteroatoms. The van der Waals surface area contributed by atoms with Crippen molar-refractivity contribution in [3.8, 4) is 17.1 Å². The number of phenolic OH excluding ortho intramolecular Hbond substituents is 1. The average molecular weight is 521 g/mol. The summed E-state index contributed by atoms with van der Waals surface area (Å²) < 4.78 is 43.4. The number of benzene rings is 2. The summed E-state index contributed by atoms with van der Waals surface area (Å²) in [4.78, 5) is 16.1. The molecular weight excluding hydrogens is 511 g/mol. The Hall–Kier alpha value is -2.40. The van der Waals surface area contributed by atoms with Gasteiger partial charge >= 0.3 is 18.0 Å². The van der Waals surface area contributed by atoms with Crippen LogP contribution in [0.25, 0.3) is 11.4 Å². The van der Waals surface area contributed by atoms with E-state index >= 15 is 0 Å². The summed E-state index contributed by atoms with van der Waals surface area (Å²) >= 11 is 6.36. The van der Waals surface area contributed by atoms with Crippen molar-refractivity contribution < 1.29 is 27.6 Å². The summed E-state index contributed by atoms with van der Waals surface area (Å²) in [6, 6.07) is 7.52. The third-order valence-corrected chi connectivity index (χ3v) is 4.84. The number of aromatic hydroxyl groups is 1. The molecule has 0 radical (unpaired) electrons. The third-order valence-electron chi connectivity index (χ3n) is 3.63. The summed E-state index contributed by atoms with van der Waals surface area (Å²) in [6.07, 6.45) is -4.42. The Morgan fingerprint density at radius 3 is 2.32 bits per heavy atom. The number of amides is 1. The number of carbonyl (C=O) groups excluding carboxylic acids is 1. The van der Waals surface area contributed by atoms with E-state index in [0.29, 0.717) is 20.1 Å². The summed E-state index contributed by atoms with van der Waals surface area (Å²) in [5.74, 6) is -0.847. The molecule has 0 saturated heterocycles. The number of phenols is 1. The number of hydrogen-bond acceptors (Lipinski definition) is 5. The van der Waals surface area contributed by atoms with Crippen LogP contribution >= 0.6 is 31.9 Å². The molecule has 0 saturated carbocycles. The van der Waals surface area contributed by atoms with Gasteiger partial charge in [0.25, 0.3) is 0 Å². The van der Waals surface area contributed by atoms with Crippen molar-refractivity contribution in [3.63, 3.8) is 0 Å². The molecule has 1 heterocycles. The number of rotatable bonds is 4. The van der Waals surface area contributed by atoms with Crippen LogP contribution in [0.15, 0.2) is 49.9 Å². The van der Waals surface area contributed by atoms with Crippen molar-refractivity contribution in [1.29, 1.82) is 0 Å². The highest BCUT2D eigenvalue weighted by atomic mass is 79.9. The summed E-state index contributed by atoms with van der Waals surface area (Å²) in [5, 5.41) is 15.9. The second kappa shape index (κ2) is 7.92. The standard InChI is InChI=1S/C17H10Br2F3N3O3/c18-11-5-9(6-12(19)13(11)26)14-24-16(28-25-14)15(27)23-7-8-1-3-10(4-2-8)17(20,21)22/h1-6,26H,7H2,(H,23,27). The molecule has 1 aromatic heterocycles. The molecule has 0 unspecified atom stereocenters. The van der Waals surface area contributed by atoms with E-state index in [2.05, 4.69) is 47.3 Å². The number of alkyl halides is 3. The van der Waals surface area contributed by atoms with Crippen LogP contribution in [0.5, 0.6) is 5.75 Å². The first kappa shape index (κ1) is 20.3. The first-order valence-corrected chi connectivity index (χ1v) is 9.20. The highest BCUT2D eigenvalue weighted by Gasteiger charge is 2.29. The van der Waals surface area contributed by atoms with E-state index in [4.69, 9.17) is 4.52 Å². The second-order valence-corrected chi connectivity index (χ2v) is 7.30. The molecule has 1 amide bonds. The largest absolute Gasteiger partial charge is 0.506 e. The minimum Gasteiger partial charge on any atom is -0.506 e. The Kier molecular flexibility index (Phi) is 5.75. The number of carbonyl (C=O) groups is 1. The van der Waals surface area contributed by atoms with E-state index < -0.39 is 17.6 Å². The SMILES string of the molecule is O=C(NCc1ccc(C(F)(F)F)cc1)c1nc(-c2cc(Br)c(O)c(Br)c2)no1. The molecule has 3 aromatic rings. The van der Waals surface area contributed by atoms with Gasteiger partial charge in [0.1, 0.15) is 5.75 Å². The van der Waals surface area contributed by atoms with Crippen LogP contribution in [0.1, 0.15) is 21.8 Å². The maximum atomic E-state index is 12.6. The normalized spacial score (nSPS) is 11.5. The third kappa shape index (κ3) is 4.53. The molecule has 0 bridgehead atoms. The maximum absolute atomic E-state index is 12.6. The van der Waals surface area contributed by atoms with Crippen molar-refractivity contribution in [2.75, 3.05) is 0 Å². The van der Waals surface area contributed by atoms with Crippen molar-refractivity contribution >= 4 is 37.8 Å². The van der Waals surface area contributed by atoms with Gasteiger partial charge in [0.05, 0.1) is 14.5 Å². The molecular formula is C17H10Br2F3N3O3. The summed E-state index contributed by atoms with van der Waals surface area (Å²) in [7, 11) is 0. The van der Waals surface area contributed by atoms with E-state index in [-0.39, 0.29) is 24.0 Å². The monoisotopic (exact) mass is 519 g/mol. The van der Waals surface area contributed by atoms with Crippen molar-refractivity contribution in [3.05, 3.63) is 62.4 Å². The zero-order valence-electron chi connectivity index (χ0n) is 13.7. The van der Waals surface area contributed by atoms with Gasteiger partial charge in [-0.1, -0.05) is 17.3 Å². The number of nitrogens with zero attached hydrogens (tertiary/aromatic N) is 2. The van der Waals surface area contributed by atoms with Crippen LogP contribution in [0.2, 0.25) is 0 Å². The Labute approximate surface area is 173 Å². The molecule has 0 atom stereocenters. The maximum Gasteiger partial charge on any atom is 0.416 e. The molecule has 146 valence electrons. The smallest absolute Gasteiger partial charge is 0.416 e. The molecule has 6 nitrogen and oxygen atoms in total. The van der Waals surface area contributed by atoms with Gasteiger partial charge in [-0.15, -0.1) is 0 Å². The lowest BCUT2D eigenvalue weighted by molar-refractivity contribution is -0.137. The van der Waals surface area contributed by atoms with Gasteiger partial charge in [-0.25, -0.2) is 0 Å². The Morgan fingerprint density at radius 2 is 1.75 bits per heavy atom. The van der Waals surface area contributed by atoms with E-state index in [1.54, 1.807) is 12.1 Å². The zero-order valence-corrected chi connectivity index (χ0v) is 16.9. The molecule has 3 rings (SSSR count). The molecule has 0 fully saturated rings. The van der Waals surface area contributed by atoms with Crippen LogP contribution in [0.4, 0.5) is 13.2 Å². The molecule has 2 aromatic carbocycles. The van der Waals surface area contributed by atoms with Gasteiger partial charge in [0, 0.05) is 12.1 Å². The summed E-state index contributed by atoms with van der Waals surface area (Å²) in [5.41, 5.74) is 0.199. The average Bonchev–Trinajstić information content (AvgIpc) is 3.13. The van der Waals surface area contributed by atoms with Crippen LogP contribution in [-0.4, -0.2) is 21.2 Å². The topological polar surface area (TPSA) is 88.2 Å². The van der Waals surface area contributed by atoms with Crippen molar-refractivity contribution in [2.24, 2.45) is 0 Å². The van der Waals surface area contributed by atoms with Crippen LogP contribution in [-0.2, 0) is 12.7 Å². The summed E-state index contributed by atoms with van der Waals surface area (Å²) in [6.45, 7) is -0.00894. The molecule has 0 aliphatic rings. The van der Waals surface area contributed by atoms with Gasteiger partial charge in [0.15, 0.2) is 0 Å². The highest BCUT2D eigenvalue weighted by molar-refractivity contribution is 9.11. The van der Waals surface area contributed by atoms with E-state index in [0.717, 1.165) is 12.1 Å². The van der Waals surface area contributed by atoms with Crippen molar-refractivity contribution in [1.82, 2.24) is 15.5 Å². The van der Waals surface area contributed by atoms with E-state index in [9.17, 15) is 23.1 Å². The second-order valence-electron chi connectivity index (χ2n) is 5.59. The Morgan fingerprint density at radius 1 is 1.14 bits per heavy atom. The van der Waals surface area contributed by atoms with Crippen LogP contribution in [0.3, 0.4) is 0 Å². The molecule has 0 aliphatic carbocycles. The highest BCUT2D eigenvalue weighted by Crippen LogP contribution is 2.36. The van der Waals surface area contributed by atoms with Crippen LogP contribution < -0.4 is 5.32 Å². The predicted molar refractivity (Wildman–Crippen MR) is 99.4 cm³/mol. The van der Waals surface area contributed by atoms with Gasteiger partial charge in [-0.05, 0) is 61.7 Å². The van der Waals surface area contributed by atoms with Crippen molar-refractivity contribution in [2.45, 2.75) is 12.7 Å². The Bertz CT molecular complexity index is 997. The van der Waals surface area contributed by atoms with Gasteiger partial charge in [-0.2, -0.15) is 18.2 Å². The molecule has 2 N–H and O–H groups in total. The number of aromatic nitrogens is 2. The lowest BCUT2D eigenvalue weighted by Crippen LogP contribution is -2.23. The predicted octanol–water partition coefficient (Wildman–Crippen LogP) is 4.92. The lowest BCUT2D eigenvalue weighted by atomic mass is 10.1. The number of hydrogen-bond donors (Lipinski definition) is 2. The minimum absolute atomic E-state index is 0.00162. The molecule has 0 aliphatic heterocycles. The molecule has 0 spiro atoms.